The van der Waals surface area contributed by atoms with Crippen molar-refractivity contribution in [1.82, 2.24) is 0 Å². The molecule has 2 aromatic rings. The van der Waals surface area contributed by atoms with Gasteiger partial charge in [-0.3, -0.25) is 4.79 Å². The van der Waals surface area contributed by atoms with E-state index in [1.807, 2.05) is 19.9 Å². The first-order valence-corrected chi connectivity index (χ1v) is 15.4. The summed E-state index contributed by atoms with van der Waals surface area (Å²) in [5.74, 6) is 3.63. The summed E-state index contributed by atoms with van der Waals surface area (Å²) in [6, 6.07) is 12.8. The van der Waals surface area contributed by atoms with Gasteiger partial charge in [0.1, 0.15) is 18.1 Å². The quantitative estimate of drug-likeness (QED) is 0.195. The van der Waals surface area contributed by atoms with E-state index in [-0.39, 0.29) is 17.3 Å². The van der Waals surface area contributed by atoms with Gasteiger partial charge in [0.05, 0.1) is 19.1 Å². The summed E-state index contributed by atoms with van der Waals surface area (Å²) in [5, 5.41) is 0. The molecule has 0 bridgehead atoms. The van der Waals surface area contributed by atoms with Gasteiger partial charge >= 0.3 is 5.97 Å². The van der Waals surface area contributed by atoms with Crippen LogP contribution in [0.3, 0.4) is 0 Å². The zero-order chi connectivity index (χ0) is 28.6. The number of allylic oxidation sites excluding steroid dienone is 1. The molecule has 0 saturated carbocycles. The zero-order valence-corrected chi connectivity index (χ0v) is 26.1. The first-order chi connectivity index (χ1) is 18.4. The maximum absolute atomic E-state index is 12.7. The average molecular weight is 553 g/mol. The van der Waals surface area contributed by atoms with Crippen molar-refractivity contribution in [1.29, 1.82) is 0 Å². The molecule has 5 heteroatoms. The molecule has 0 saturated heterocycles. The molecule has 1 unspecified atom stereocenters. The first kappa shape index (κ1) is 31.1. The molecule has 0 N–H and O–H groups in total. The van der Waals surface area contributed by atoms with E-state index in [1.165, 1.54) is 27.8 Å². The van der Waals surface area contributed by atoms with Crippen molar-refractivity contribution in [2.24, 2.45) is 16.7 Å². The third-order valence-corrected chi connectivity index (χ3v) is 8.66. The second-order valence-electron chi connectivity index (χ2n) is 12.5. The Balaban J connectivity index is 1.44. The molecule has 3 rings (SSSR count). The van der Waals surface area contributed by atoms with Crippen molar-refractivity contribution in [3.63, 3.8) is 0 Å². The Bertz CT molecular complexity index is 1140. The van der Waals surface area contributed by atoms with E-state index < -0.39 is 5.41 Å². The van der Waals surface area contributed by atoms with E-state index in [0.717, 1.165) is 48.7 Å². The largest absolute Gasteiger partial charge is 0.497 e. The lowest BCUT2D eigenvalue weighted by Gasteiger charge is -2.33. The molecule has 4 nitrogen and oxygen atoms in total. The lowest BCUT2D eigenvalue weighted by molar-refractivity contribution is -0.156. The SMILES string of the molecule is COc1ccc(C2=Cc3ccc(OCCSCCOC(=O)C(C)(C)C(C)CC(C)(C)C)cc3CCC2)c(C)c1. The molecular weight excluding hydrogens is 504 g/mol. The van der Waals surface area contributed by atoms with Crippen LogP contribution in [-0.4, -0.2) is 37.8 Å². The maximum Gasteiger partial charge on any atom is 0.311 e. The highest BCUT2D eigenvalue weighted by Gasteiger charge is 2.37. The molecule has 0 spiro atoms. The smallest absolute Gasteiger partial charge is 0.311 e. The zero-order valence-electron chi connectivity index (χ0n) is 25.3. The minimum absolute atomic E-state index is 0.0968. The molecular formula is C34H48O4S. The van der Waals surface area contributed by atoms with Gasteiger partial charge in [-0.25, -0.2) is 0 Å². The summed E-state index contributed by atoms with van der Waals surface area (Å²) < 4.78 is 17.1. The minimum atomic E-state index is -0.476. The molecule has 0 fully saturated rings. The Morgan fingerprint density at radius 1 is 0.974 bits per heavy atom. The van der Waals surface area contributed by atoms with Gasteiger partial charge in [-0.1, -0.05) is 45.9 Å². The topological polar surface area (TPSA) is 44.8 Å². The monoisotopic (exact) mass is 552 g/mol. The Hall–Kier alpha value is -2.40. The number of esters is 1. The minimum Gasteiger partial charge on any atom is -0.497 e. The Morgan fingerprint density at radius 3 is 2.38 bits per heavy atom. The second kappa shape index (κ2) is 13.8. The molecule has 1 atom stereocenters. The number of ether oxygens (including phenoxy) is 3. The third-order valence-electron chi connectivity index (χ3n) is 7.75. The summed E-state index contributed by atoms with van der Waals surface area (Å²) in [6.07, 6.45) is 6.56. The Kier molecular flexibility index (Phi) is 11.0. The molecule has 0 aliphatic heterocycles. The normalized spacial score (nSPS) is 14.6. The number of methoxy groups -OCH3 is 1. The van der Waals surface area contributed by atoms with Crippen molar-refractivity contribution in [2.45, 2.75) is 74.1 Å². The fourth-order valence-corrected chi connectivity index (χ4v) is 5.78. The molecule has 0 amide bonds. The van der Waals surface area contributed by atoms with Crippen molar-refractivity contribution in [3.05, 3.63) is 58.7 Å². The number of hydrogen-bond acceptors (Lipinski definition) is 5. The van der Waals surface area contributed by atoms with Crippen LogP contribution in [0, 0.1) is 23.7 Å². The molecule has 214 valence electrons. The van der Waals surface area contributed by atoms with Gasteiger partial charge in [0.15, 0.2) is 0 Å². The maximum atomic E-state index is 12.7. The van der Waals surface area contributed by atoms with Crippen LogP contribution >= 0.6 is 11.8 Å². The van der Waals surface area contributed by atoms with Gasteiger partial charge in [0, 0.05) is 11.5 Å². The molecule has 0 radical (unpaired) electrons. The highest BCUT2D eigenvalue weighted by atomic mass is 32.2. The summed E-state index contributed by atoms with van der Waals surface area (Å²) in [7, 11) is 1.71. The van der Waals surface area contributed by atoms with E-state index >= 15 is 0 Å². The predicted octanol–water partition coefficient (Wildman–Crippen LogP) is 8.63. The van der Waals surface area contributed by atoms with Crippen molar-refractivity contribution in [2.75, 3.05) is 31.8 Å². The second-order valence-corrected chi connectivity index (χ2v) is 13.8. The number of rotatable bonds is 12. The standard InChI is InChI=1S/C34H48O4S/c1-24-20-29(36-8)14-15-31(24)28-11-9-10-26-22-30(13-12-27(26)21-28)37-16-18-39-19-17-38-32(35)34(6,7)25(2)23-33(3,4)5/h12-15,20-22,25H,9-11,16-19,23H2,1-8H3. The van der Waals surface area contributed by atoms with Crippen molar-refractivity contribution in [3.8, 4) is 11.5 Å². The Morgan fingerprint density at radius 2 is 1.69 bits per heavy atom. The van der Waals surface area contributed by atoms with Crippen LogP contribution in [0.15, 0.2) is 36.4 Å². The van der Waals surface area contributed by atoms with Gasteiger partial charge in [-0.05, 0) is 110 Å². The molecule has 39 heavy (non-hydrogen) atoms. The van der Waals surface area contributed by atoms with Gasteiger partial charge in [-0.15, -0.1) is 0 Å². The van der Waals surface area contributed by atoms with E-state index in [9.17, 15) is 4.79 Å². The van der Waals surface area contributed by atoms with Crippen LogP contribution in [0.5, 0.6) is 11.5 Å². The molecule has 2 aromatic carbocycles. The van der Waals surface area contributed by atoms with E-state index in [2.05, 4.69) is 71.0 Å². The van der Waals surface area contributed by atoms with Crippen LogP contribution in [0.25, 0.3) is 11.6 Å². The van der Waals surface area contributed by atoms with Gasteiger partial charge in [0.25, 0.3) is 0 Å². The number of carbonyl (C=O) groups is 1. The molecule has 1 aliphatic carbocycles. The van der Waals surface area contributed by atoms with E-state index in [0.29, 0.717) is 13.2 Å². The van der Waals surface area contributed by atoms with E-state index in [1.54, 1.807) is 18.9 Å². The van der Waals surface area contributed by atoms with Crippen LogP contribution in [0.4, 0.5) is 0 Å². The van der Waals surface area contributed by atoms with Crippen LogP contribution < -0.4 is 9.47 Å². The van der Waals surface area contributed by atoms with Crippen LogP contribution in [-0.2, 0) is 16.0 Å². The van der Waals surface area contributed by atoms with Crippen molar-refractivity contribution >= 4 is 29.4 Å². The molecule has 0 aromatic heterocycles. The summed E-state index contributed by atoms with van der Waals surface area (Å²) in [6.45, 7) is 16.0. The lowest BCUT2D eigenvalue weighted by atomic mass is 9.72. The Labute approximate surface area is 240 Å². The highest BCUT2D eigenvalue weighted by Crippen LogP contribution is 2.37. The predicted molar refractivity (Wildman–Crippen MR) is 166 cm³/mol. The number of carbonyl (C=O) groups excluding carboxylic acids is 1. The number of thioether (sulfide) groups is 1. The fourth-order valence-electron chi connectivity index (χ4n) is 5.17. The summed E-state index contributed by atoms with van der Waals surface area (Å²) >= 11 is 1.76. The highest BCUT2D eigenvalue weighted by molar-refractivity contribution is 7.99. The van der Waals surface area contributed by atoms with E-state index in [4.69, 9.17) is 14.2 Å². The fraction of sp³-hybridized carbons (Fsp3) is 0.559. The van der Waals surface area contributed by atoms with Gasteiger partial charge in [0.2, 0.25) is 0 Å². The first-order valence-electron chi connectivity index (χ1n) is 14.3. The van der Waals surface area contributed by atoms with Crippen LogP contribution in [0.1, 0.15) is 83.1 Å². The van der Waals surface area contributed by atoms with Gasteiger partial charge in [-0.2, -0.15) is 11.8 Å². The average Bonchev–Trinajstić information content (AvgIpc) is 3.08. The lowest BCUT2D eigenvalue weighted by Crippen LogP contribution is -2.35. The number of benzene rings is 2. The third kappa shape index (κ3) is 9.06. The number of aryl methyl sites for hydroxylation is 2. The number of hydrogen-bond donors (Lipinski definition) is 0. The summed E-state index contributed by atoms with van der Waals surface area (Å²) in [5.41, 5.74) is 6.27. The summed E-state index contributed by atoms with van der Waals surface area (Å²) in [4.78, 5) is 12.7. The van der Waals surface area contributed by atoms with Gasteiger partial charge < -0.3 is 14.2 Å². The number of fused-ring (bicyclic) bond motifs is 1. The van der Waals surface area contributed by atoms with Crippen LogP contribution in [0.2, 0.25) is 0 Å². The molecule has 1 aliphatic rings. The van der Waals surface area contributed by atoms with Crippen molar-refractivity contribution < 1.29 is 19.0 Å². The molecule has 0 heterocycles.